The number of hydrogen-bond acceptors (Lipinski definition) is 7. The predicted molar refractivity (Wildman–Crippen MR) is 105 cm³/mol. The standard InChI is InChI=1S/C19H22N2O5S/c1-23-15-8-13(9-16(24-2)18(15)25-3)21-19(22)12-4-5-17(20-10-12)26-14-6-7-27-11-14/h4-5,8-10,14H,6-7,11H2,1-3H3,(H,21,22). The van der Waals surface area contributed by atoms with Crippen LogP contribution >= 0.6 is 11.8 Å². The minimum Gasteiger partial charge on any atom is -0.493 e. The monoisotopic (exact) mass is 390 g/mol. The molecule has 27 heavy (non-hydrogen) atoms. The average molecular weight is 390 g/mol. The second kappa shape index (κ2) is 8.85. The summed E-state index contributed by atoms with van der Waals surface area (Å²) in [4.78, 5) is 16.8. The molecular formula is C19H22N2O5S. The van der Waals surface area contributed by atoms with E-state index in [-0.39, 0.29) is 12.0 Å². The van der Waals surface area contributed by atoms with Gasteiger partial charge in [-0.1, -0.05) is 0 Å². The first kappa shape index (κ1) is 19.2. The molecule has 1 aliphatic heterocycles. The van der Waals surface area contributed by atoms with Gasteiger partial charge in [0.15, 0.2) is 11.5 Å². The Kier molecular flexibility index (Phi) is 6.28. The number of pyridine rings is 1. The molecule has 3 rings (SSSR count). The Bertz CT molecular complexity index is 766. The first-order valence-electron chi connectivity index (χ1n) is 8.46. The number of carbonyl (C=O) groups excluding carboxylic acids is 1. The molecule has 0 saturated carbocycles. The summed E-state index contributed by atoms with van der Waals surface area (Å²) < 4.78 is 21.7. The van der Waals surface area contributed by atoms with Crippen LogP contribution in [0.2, 0.25) is 0 Å². The Morgan fingerprint density at radius 1 is 1.15 bits per heavy atom. The van der Waals surface area contributed by atoms with E-state index in [1.54, 1.807) is 24.3 Å². The fraction of sp³-hybridized carbons (Fsp3) is 0.368. The maximum Gasteiger partial charge on any atom is 0.257 e. The fourth-order valence-electron chi connectivity index (χ4n) is 2.72. The molecule has 0 bridgehead atoms. The van der Waals surface area contributed by atoms with E-state index >= 15 is 0 Å². The van der Waals surface area contributed by atoms with E-state index in [1.807, 2.05) is 11.8 Å². The molecule has 1 aromatic heterocycles. The van der Waals surface area contributed by atoms with Gasteiger partial charge in [0.1, 0.15) is 6.10 Å². The molecule has 1 amide bonds. The summed E-state index contributed by atoms with van der Waals surface area (Å²) in [7, 11) is 4.57. The molecule has 1 saturated heterocycles. The lowest BCUT2D eigenvalue weighted by Crippen LogP contribution is -2.16. The largest absolute Gasteiger partial charge is 0.493 e. The van der Waals surface area contributed by atoms with Crippen LogP contribution < -0.4 is 24.3 Å². The highest BCUT2D eigenvalue weighted by Gasteiger charge is 2.18. The zero-order valence-corrected chi connectivity index (χ0v) is 16.3. The van der Waals surface area contributed by atoms with Crippen molar-refractivity contribution in [1.29, 1.82) is 0 Å². The summed E-state index contributed by atoms with van der Waals surface area (Å²) in [5, 5.41) is 2.81. The molecule has 7 nitrogen and oxygen atoms in total. The summed E-state index contributed by atoms with van der Waals surface area (Å²) in [6.07, 6.45) is 2.72. The molecular weight excluding hydrogens is 368 g/mol. The number of aromatic nitrogens is 1. The number of ether oxygens (including phenoxy) is 4. The molecule has 1 aliphatic rings. The summed E-state index contributed by atoms with van der Waals surface area (Å²) in [6.45, 7) is 0. The summed E-state index contributed by atoms with van der Waals surface area (Å²) in [5.41, 5.74) is 0.953. The van der Waals surface area contributed by atoms with Crippen molar-refractivity contribution in [2.75, 3.05) is 38.2 Å². The molecule has 0 aliphatic carbocycles. The van der Waals surface area contributed by atoms with Crippen LogP contribution in [0.15, 0.2) is 30.5 Å². The van der Waals surface area contributed by atoms with Crippen molar-refractivity contribution >= 4 is 23.4 Å². The highest BCUT2D eigenvalue weighted by Crippen LogP contribution is 2.40. The molecule has 1 unspecified atom stereocenters. The van der Waals surface area contributed by atoms with Crippen LogP contribution in [0.4, 0.5) is 5.69 Å². The maximum absolute atomic E-state index is 12.5. The minimum atomic E-state index is -0.292. The van der Waals surface area contributed by atoms with Gasteiger partial charge in [-0.15, -0.1) is 0 Å². The smallest absolute Gasteiger partial charge is 0.257 e. The van der Waals surface area contributed by atoms with Crippen LogP contribution in [0, 0.1) is 0 Å². The average Bonchev–Trinajstić information content (AvgIpc) is 3.20. The summed E-state index contributed by atoms with van der Waals surface area (Å²) in [6, 6.07) is 6.74. The minimum absolute atomic E-state index is 0.196. The third kappa shape index (κ3) is 4.57. The lowest BCUT2D eigenvalue weighted by molar-refractivity contribution is 0.102. The molecule has 2 heterocycles. The van der Waals surface area contributed by atoms with Gasteiger partial charge < -0.3 is 24.3 Å². The van der Waals surface area contributed by atoms with Gasteiger partial charge in [0.05, 0.1) is 26.9 Å². The third-order valence-electron chi connectivity index (χ3n) is 4.10. The van der Waals surface area contributed by atoms with E-state index in [0.29, 0.717) is 34.4 Å². The molecule has 8 heteroatoms. The highest BCUT2D eigenvalue weighted by molar-refractivity contribution is 7.99. The van der Waals surface area contributed by atoms with Gasteiger partial charge in [0, 0.05) is 35.8 Å². The van der Waals surface area contributed by atoms with Crippen LogP contribution in [0.25, 0.3) is 0 Å². The van der Waals surface area contributed by atoms with Crippen molar-refractivity contribution in [2.24, 2.45) is 0 Å². The fourth-order valence-corrected chi connectivity index (χ4v) is 3.81. The van der Waals surface area contributed by atoms with Gasteiger partial charge in [-0.2, -0.15) is 11.8 Å². The number of amides is 1. The van der Waals surface area contributed by atoms with Crippen molar-refractivity contribution < 1.29 is 23.7 Å². The van der Waals surface area contributed by atoms with E-state index in [2.05, 4.69) is 10.3 Å². The molecule has 0 radical (unpaired) electrons. The zero-order valence-electron chi connectivity index (χ0n) is 15.5. The van der Waals surface area contributed by atoms with E-state index in [0.717, 1.165) is 17.9 Å². The number of carbonyl (C=O) groups is 1. The van der Waals surface area contributed by atoms with Crippen LogP contribution in [-0.2, 0) is 0 Å². The normalized spacial score (nSPS) is 15.9. The van der Waals surface area contributed by atoms with Gasteiger partial charge >= 0.3 is 0 Å². The van der Waals surface area contributed by atoms with Crippen molar-refractivity contribution in [3.63, 3.8) is 0 Å². The van der Waals surface area contributed by atoms with Crippen LogP contribution in [0.1, 0.15) is 16.8 Å². The second-order valence-corrected chi connectivity index (χ2v) is 7.01. The molecule has 1 N–H and O–H groups in total. The summed E-state index contributed by atoms with van der Waals surface area (Å²) >= 11 is 1.87. The number of rotatable bonds is 7. The van der Waals surface area contributed by atoms with Crippen molar-refractivity contribution in [3.8, 4) is 23.1 Å². The molecule has 1 aromatic carbocycles. The number of nitrogens with one attached hydrogen (secondary N) is 1. The molecule has 1 atom stereocenters. The molecule has 2 aromatic rings. The Morgan fingerprint density at radius 2 is 1.89 bits per heavy atom. The van der Waals surface area contributed by atoms with Gasteiger partial charge in [-0.3, -0.25) is 4.79 Å². The number of thioether (sulfide) groups is 1. The van der Waals surface area contributed by atoms with Gasteiger partial charge in [-0.05, 0) is 18.2 Å². The third-order valence-corrected chi connectivity index (χ3v) is 5.23. The van der Waals surface area contributed by atoms with E-state index < -0.39 is 0 Å². The van der Waals surface area contributed by atoms with E-state index in [1.165, 1.54) is 27.5 Å². The lowest BCUT2D eigenvalue weighted by Gasteiger charge is -2.15. The van der Waals surface area contributed by atoms with Crippen LogP contribution in [0.3, 0.4) is 0 Å². The van der Waals surface area contributed by atoms with Gasteiger partial charge in [0.25, 0.3) is 5.91 Å². The number of benzene rings is 1. The molecule has 0 spiro atoms. The Balaban J connectivity index is 1.71. The summed E-state index contributed by atoms with van der Waals surface area (Å²) in [5.74, 6) is 3.72. The molecule has 144 valence electrons. The number of methoxy groups -OCH3 is 3. The number of nitrogens with zero attached hydrogens (tertiary/aromatic N) is 1. The van der Waals surface area contributed by atoms with Crippen LogP contribution in [-0.4, -0.2) is 49.8 Å². The first-order valence-corrected chi connectivity index (χ1v) is 9.62. The predicted octanol–water partition coefficient (Wildman–Crippen LogP) is 3.24. The van der Waals surface area contributed by atoms with Crippen LogP contribution in [0.5, 0.6) is 23.1 Å². The Morgan fingerprint density at radius 3 is 2.41 bits per heavy atom. The van der Waals surface area contributed by atoms with Crippen molar-refractivity contribution in [2.45, 2.75) is 12.5 Å². The topological polar surface area (TPSA) is 78.9 Å². The second-order valence-electron chi connectivity index (χ2n) is 5.86. The quantitative estimate of drug-likeness (QED) is 0.777. The highest BCUT2D eigenvalue weighted by atomic mass is 32.2. The maximum atomic E-state index is 12.5. The van der Waals surface area contributed by atoms with Crippen molar-refractivity contribution in [1.82, 2.24) is 4.98 Å². The Labute approximate surface area is 162 Å². The Hall–Kier alpha value is -2.61. The van der Waals surface area contributed by atoms with E-state index in [4.69, 9.17) is 18.9 Å². The lowest BCUT2D eigenvalue weighted by atomic mass is 10.2. The van der Waals surface area contributed by atoms with Crippen molar-refractivity contribution in [3.05, 3.63) is 36.0 Å². The SMILES string of the molecule is COc1cc(NC(=O)c2ccc(OC3CCSC3)nc2)cc(OC)c1OC. The van der Waals surface area contributed by atoms with Gasteiger partial charge in [0.2, 0.25) is 11.6 Å². The van der Waals surface area contributed by atoms with Gasteiger partial charge in [-0.25, -0.2) is 4.98 Å². The first-order chi connectivity index (χ1) is 13.1. The zero-order chi connectivity index (χ0) is 19.2. The number of anilines is 1. The molecule has 1 fully saturated rings. The number of hydrogen-bond donors (Lipinski definition) is 1. The van der Waals surface area contributed by atoms with E-state index in [9.17, 15) is 4.79 Å².